The molecule has 4 heteroatoms. The molecule has 1 aromatic rings. The Balaban J connectivity index is 2.20. The van der Waals surface area contributed by atoms with E-state index in [9.17, 15) is 0 Å². The average molecular weight is 194 g/mol. The maximum Gasteiger partial charge on any atom is 0.110 e. The van der Waals surface area contributed by atoms with Crippen LogP contribution >= 0.6 is 0 Å². The second-order valence-corrected chi connectivity index (χ2v) is 3.69. The van der Waals surface area contributed by atoms with Gasteiger partial charge in [-0.05, 0) is 18.1 Å². The summed E-state index contributed by atoms with van der Waals surface area (Å²) in [5.41, 5.74) is 7.09. The van der Waals surface area contributed by atoms with Crippen molar-refractivity contribution in [1.82, 2.24) is 10.3 Å². The molecule has 78 valence electrons. The van der Waals surface area contributed by atoms with Crippen LogP contribution in [0, 0.1) is 0 Å². The highest BCUT2D eigenvalue weighted by Gasteiger charge is 2.15. The summed E-state index contributed by atoms with van der Waals surface area (Å²) in [4.78, 5) is 5.61. The largest absolute Gasteiger partial charge is 0.385 e. The third kappa shape index (κ3) is 1.70. The standard InChI is InChI=1S/C10H18N4/c1-2-8-7-9(11)13-10(8)14-5-3-12-4-6-14/h7,12-13H,2-6,11H2,1H3. The van der Waals surface area contributed by atoms with Gasteiger partial charge in [0.05, 0.1) is 0 Å². The molecule has 1 aliphatic rings. The van der Waals surface area contributed by atoms with Crippen LogP contribution in [-0.2, 0) is 6.42 Å². The van der Waals surface area contributed by atoms with Gasteiger partial charge in [0.1, 0.15) is 11.6 Å². The molecular formula is C10H18N4. The maximum absolute atomic E-state index is 5.76. The van der Waals surface area contributed by atoms with Gasteiger partial charge >= 0.3 is 0 Å². The third-order valence-corrected chi connectivity index (χ3v) is 2.71. The number of hydrogen-bond acceptors (Lipinski definition) is 3. The van der Waals surface area contributed by atoms with Crippen LogP contribution in [0.2, 0.25) is 0 Å². The highest BCUT2D eigenvalue weighted by Crippen LogP contribution is 2.22. The van der Waals surface area contributed by atoms with Crippen molar-refractivity contribution in [2.45, 2.75) is 13.3 Å². The maximum atomic E-state index is 5.76. The zero-order valence-corrected chi connectivity index (χ0v) is 8.64. The van der Waals surface area contributed by atoms with Crippen molar-refractivity contribution in [3.05, 3.63) is 11.6 Å². The highest BCUT2D eigenvalue weighted by molar-refractivity contribution is 5.56. The summed E-state index contributed by atoms with van der Waals surface area (Å²) in [5.74, 6) is 1.99. The van der Waals surface area contributed by atoms with Gasteiger partial charge < -0.3 is 20.9 Å². The van der Waals surface area contributed by atoms with Gasteiger partial charge in [-0.25, -0.2) is 0 Å². The summed E-state index contributed by atoms with van der Waals surface area (Å²) in [6, 6.07) is 2.04. The Morgan fingerprint density at radius 3 is 2.79 bits per heavy atom. The van der Waals surface area contributed by atoms with Crippen LogP contribution in [0.1, 0.15) is 12.5 Å². The molecule has 4 nitrogen and oxygen atoms in total. The fourth-order valence-electron chi connectivity index (χ4n) is 1.95. The van der Waals surface area contributed by atoms with Gasteiger partial charge in [0.25, 0.3) is 0 Å². The molecule has 2 rings (SSSR count). The molecule has 14 heavy (non-hydrogen) atoms. The number of piperazine rings is 1. The number of rotatable bonds is 2. The van der Waals surface area contributed by atoms with Crippen molar-refractivity contribution in [1.29, 1.82) is 0 Å². The Morgan fingerprint density at radius 2 is 2.14 bits per heavy atom. The number of aryl methyl sites for hydroxylation is 1. The molecule has 1 aliphatic heterocycles. The Bertz CT molecular complexity index is 299. The molecule has 0 radical (unpaired) electrons. The minimum absolute atomic E-state index is 0.774. The van der Waals surface area contributed by atoms with Crippen molar-refractivity contribution in [3.63, 3.8) is 0 Å². The Morgan fingerprint density at radius 1 is 1.43 bits per heavy atom. The summed E-state index contributed by atoms with van der Waals surface area (Å²) >= 11 is 0. The number of nitrogens with one attached hydrogen (secondary N) is 2. The lowest BCUT2D eigenvalue weighted by atomic mass is 10.2. The number of nitrogens with two attached hydrogens (primary N) is 1. The van der Waals surface area contributed by atoms with Crippen LogP contribution in [0.15, 0.2) is 6.07 Å². The summed E-state index contributed by atoms with van der Waals surface area (Å²) in [6.07, 6.45) is 1.03. The molecule has 0 amide bonds. The van der Waals surface area contributed by atoms with Crippen LogP contribution < -0.4 is 16.0 Å². The normalized spacial score (nSPS) is 17.4. The number of H-pyrrole nitrogens is 1. The zero-order valence-electron chi connectivity index (χ0n) is 8.64. The minimum Gasteiger partial charge on any atom is -0.385 e. The number of aromatic amines is 1. The molecule has 0 spiro atoms. The number of nitrogen functional groups attached to an aromatic ring is 1. The Labute approximate surface area is 84.5 Å². The summed E-state index contributed by atoms with van der Waals surface area (Å²) in [7, 11) is 0. The van der Waals surface area contributed by atoms with Crippen molar-refractivity contribution >= 4 is 11.6 Å². The van der Waals surface area contributed by atoms with Gasteiger partial charge in [-0.1, -0.05) is 6.92 Å². The number of anilines is 2. The van der Waals surface area contributed by atoms with Crippen LogP contribution in [0.5, 0.6) is 0 Å². The van der Waals surface area contributed by atoms with Gasteiger partial charge in [0.15, 0.2) is 0 Å². The van der Waals surface area contributed by atoms with E-state index in [1.54, 1.807) is 0 Å². The van der Waals surface area contributed by atoms with E-state index in [1.165, 1.54) is 11.4 Å². The van der Waals surface area contributed by atoms with E-state index in [0.717, 1.165) is 38.4 Å². The van der Waals surface area contributed by atoms with Gasteiger partial charge in [-0.15, -0.1) is 0 Å². The molecule has 0 unspecified atom stereocenters. The molecule has 2 heterocycles. The second-order valence-electron chi connectivity index (χ2n) is 3.69. The quantitative estimate of drug-likeness (QED) is 0.645. The molecule has 0 atom stereocenters. The first-order valence-corrected chi connectivity index (χ1v) is 5.24. The van der Waals surface area contributed by atoms with E-state index in [4.69, 9.17) is 5.73 Å². The van der Waals surface area contributed by atoms with E-state index >= 15 is 0 Å². The molecule has 0 aliphatic carbocycles. The van der Waals surface area contributed by atoms with Crippen LogP contribution in [0.3, 0.4) is 0 Å². The highest BCUT2D eigenvalue weighted by atomic mass is 15.2. The fourth-order valence-corrected chi connectivity index (χ4v) is 1.95. The van der Waals surface area contributed by atoms with E-state index in [2.05, 4.69) is 22.1 Å². The van der Waals surface area contributed by atoms with Crippen molar-refractivity contribution in [2.24, 2.45) is 0 Å². The van der Waals surface area contributed by atoms with Gasteiger partial charge in [0.2, 0.25) is 0 Å². The predicted molar refractivity (Wildman–Crippen MR) is 59.7 cm³/mol. The van der Waals surface area contributed by atoms with E-state index < -0.39 is 0 Å². The van der Waals surface area contributed by atoms with Crippen LogP contribution in [0.4, 0.5) is 11.6 Å². The Hall–Kier alpha value is -1.16. The van der Waals surface area contributed by atoms with Crippen LogP contribution in [0.25, 0.3) is 0 Å². The number of nitrogens with zero attached hydrogens (tertiary/aromatic N) is 1. The predicted octanol–water partition coefficient (Wildman–Crippen LogP) is 0.569. The van der Waals surface area contributed by atoms with Gasteiger partial charge in [-0.3, -0.25) is 0 Å². The number of aromatic nitrogens is 1. The van der Waals surface area contributed by atoms with Gasteiger partial charge in [-0.2, -0.15) is 0 Å². The molecule has 0 bridgehead atoms. The Kier molecular flexibility index (Phi) is 2.63. The van der Waals surface area contributed by atoms with E-state index in [1.807, 2.05) is 6.07 Å². The molecule has 1 fully saturated rings. The topological polar surface area (TPSA) is 57.1 Å². The van der Waals surface area contributed by atoms with Crippen LogP contribution in [-0.4, -0.2) is 31.2 Å². The first-order valence-electron chi connectivity index (χ1n) is 5.24. The van der Waals surface area contributed by atoms with Crippen molar-refractivity contribution in [2.75, 3.05) is 36.8 Å². The summed E-state index contributed by atoms with van der Waals surface area (Å²) in [5, 5.41) is 3.34. The van der Waals surface area contributed by atoms with E-state index in [-0.39, 0.29) is 0 Å². The smallest absolute Gasteiger partial charge is 0.110 e. The third-order valence-electron chi connectivity index (χ3n) is 2.71. The minimum atomic E-state index is 0.774. The van der Waals surface area contributed by atoms with Gasteiger partial charge in [0, 0.05) is 26.2 Å². The van der Waals surface area contributed by atoms with Crippen molar-refractivity contribution in [3.8, 4) is 0 Å². The molecule has 1 aromatic heterocycles. The fraction of sp³-hybridized carbons (Fsp3) is 0.600. The van der Waals surface area contributed by atoms with E-state index in [0.29, 0.717) is 0 Å². The summed E-state index contributed by atoms with van der Waals surface area (Å²) < 4.78 is 0. The molecular weight excluding hydrogens is 176 g/mol. The first kappa shape index (κ1) is 9.40. The lowest BCUT2D eigenvalue weighted by molar-refractivity contribution is 0.584. The second kappa shape index (κ2) is 3.92. The monoisotopic (exact) mass is 194 g/mol. The molecule has 0 aromatic carbocycles. The first-order chi connectivity index (χ1) is 6.81. The molecule has 4 N–H and O–H groups in total. The lowest BCUT2D eigenvalue weighted by Crippen LogP contribution is -2.44. The SMILES string of the molecule is CCc1cc(N)[nH]c1N1CCNCC1. The zero-order chi connectivity index (χ0) is 9.97. The molecule has 0 saturated carbocycles. The average Bonchev–Trinajstić information content (AvgIpc) is 2.61. The number of hydrogen-bond donors (Lipinski definition) is 3. The summed E-state index contributed by atoms with van der Waals surface area (Å²) in [6.45, 7) is 6.40. The lowest BCUT2D eigenvalue weighted by Gasteiger charge is -2.29. The van der Waals surface area contributed by atoms with Crippen molar-refractivity contribution < 1.29 is 0 Å². The molecule has 1 saturated heterocycles.